The van der Waals surface area contributed by atoms with Crippen LogP contribution in [0.15, 0.2) is 53.4 Å². The summed E-state index contributed by atoms with van der Waals surface area (Å²) in [6.07, 6.45) is 0. The lowest BCUT2D eigenvalue weighted by molar-refractivity contribution is 0.0950. The van der Waals surface area contributed by atoms with Crippen LogP contribution in [-0.4, -0.2) is 16.1 Å². The van der Waals surface area contributed by atoms with Gasteiger partial charge in [-0.05, 0) is 29.8 Å². The molecule has 8 heteroatoms. The van der Waals surface area contributed by atoms with Crippen molar-refractivity contribution in [1.29, 1.82) is 0 Å². The van der Waals surface area contributed by atoms with Gasteiger partial charge in [0.05, 0.1) is 5.75 Å². The Morgan fingerprint density at radius 3 is 2.60 bits per heavy atom. The number of rotatable bonds is 6. The van der Waals surface area contributed by atoms with Crippen molar-refractivity contribution in [2.24, 2.45) is 0 Å². The number of amides is 1. The second-order valence-electron chi connectivity index (χ2n) is 5.03. The lowest BCUT2D eigenvalue weighted by atomic mass is 10.2. The molecule has 0 aliphatic rings. The lowest BCUT2D eigenvalue weighted by Crippen LogP contribution is -2.22. The van der Waals surface area contributed by atoms with Crippen LogP contribution in [0.5, 0.6) is 0 Å². The highest BCUT2D eigenvalue weighted by Crippen LogP contribution is 2.26. The predicted molar refractivity (Wildman–Crippen MR) is 93.4 cm³/mol. The first kappa shape index (κ1) is 17.5. The van der Waals surface area contributed by atoms with E-state index in [0.29, 0.717) is 15.7 Å². The molecule has 0 atom stereocenters. The van der Waals surface area contributed by atoms with Crippen molar-refractivity contribution in [2.75, 3.05) is 0 Å². The number of nitrogens with one attached hydrogen (secondary N) is 1. The Morgan fingerprint density at radius 1 is 1.08 bits per heavy atom. The van der Waals surface area contributed by atoms with Crippen molar-refractivity contribution in [3.63, 3.8) is 0 Å². The van der Waals surface area contributed by atoms with Crippen molar-refractivity contribution in [3.05, 3.63) is 75.7 Å². The summed E-state index contributed by atoms with van der Waals surface area (Å²) in [4.78, 5) is 12.6. The van der Waals surface area contributed by atoms with E-state index in [9.17, 15) is 13.6 Å². The molecular weight excluding hydrogens is 364 g/mol. The highest BCUT2D eigenvalue weighted by atomic mass is 32.2. The molecule has 25 heavy (non-hydrogen) atoms. The third-order valence-corrected chi connectivity index (χ3v) is 5.38. The van der Waals surface area contributed by atoms with Crippen LogP contribution >= 0.6 is 23.1 Å². The SMILES string of the molecule is O=C(NCc1ccc(F)cc1)c1nnc(CSc2ccccc2F)s1. The van der Waals surface area contributed by atoms with Gasteiger partial charge in [0, 0.05) is 11.4 Å². The second kappa shape index (κ2) is 8.17. The Bertz CT molecular complexity index is 868. The molecule has 0 fully saturated rings. The van der Waals surface area contributed by atoms with Crippen molar-refractivity contribution < 1.29 is 13.6 Å². The zero-order valence-corrected chi connectivity index (χ0v) is 14.5. The Morgan fingerprint density at radius 2 is 1.84 bits per heavy atom. The Kier molecular flexibility index (Phi) is 5.72. The fraction of sp³-hybridized carbons (Fsp3) is 0.118. The predicted octanol–water partition coefficient (Wildman–Crippen LogP) is 4.04. The number of benzene rings is 2. The zero-order chi connectivity index (χ0) is 17.6. The molecule has 1 aromatic heterocycles. The molecular formula is C17H13F2N3OS2. The lowest BCUT2D eigenvalue weighted by Gasteiger charge is -2.02. The third-order valence-electron chi connectivity index (χ3n) is 3.22. The van der Waals surface area contributed by atoms with Gasteiger partial charge in [-0.15, -0.1) is 22.0 Å². The van der Waals surface area contributed by atoms with Gasteiger partial charge in [-0.3, -0.25) is 4.79 Å². The molecule has 0 spiro atoms. The number of carbonyl (C=O) groups is 1. The molecule has 0 saturated heterocycles. The van der Waals surface area contributed by atoms with Crippen LogP contribution in [0.25, 0.3) is 0 Å². The molecule has 0 radical (unpaired) electrons. The van der Waals surface area contributed by atoms with E-state index < -0.39 is 0 Å². The Hall–Kier alpha value is -2.32. The fourth-order valence-corrected chi connectivity index (χ4v) is 3.65. The van der Waals surface area contributed by atoms with Crippen LogP contribution in [-0.2, 0) is 12.3 Å². The van der Waals surface area contributed by atoms with Crippen molar-refractivity contribution in [1.82, 2.24) is 15.5 Å². The smallest absolute Gasteiger partial charge is 0.282 e. The Labute approximate surface area is 151 Å². The summed E-state index contributed by atoms with van der Waals surface area (Å²) < 4.78 is 26.4. The minimum absolute atomic E-state index is 0.242. The average Bonchev–Trinajstić information content (AvgIpc) is 3.09. The molecule has 2 aromatic carbocycles. The highest BCUT2D eigenvalue weighted by molar-refractivity contribution is 7.98. The van der Waals surface area contributed by atoms with Gasteiger partial charge in [-0.1, -0.05) is 35.6 Å². The first-order valence-corrected chi connectivity index (χ1v) is 9.14. The zero-order valence-electron chi connectivity index (χ0n) is 12.9. The molecule has 1 heterocycles. The van der Waals surface area contributed by atoms with E-state index in [1.165, 1.54) is 41.3 Å². The summed E-state index contributed by atoms with van der Waals surface area (Å²) in [5.74, 6) is -0.515. The van der Waals surface area contributed by atoms with E-state index in [0.717, 1.165) is 5.56 Å². The number of thioether (sulfide) groups is 1. The topological polar surface area (TPSA) is 54.9 Å². The van der Waals surface area contributed by atoms with Crippen LogP contribution in [0, 0.1) is 11.6 Å². The van der Waals surface area contributed by atoms with E-state index in [4.69, 9.17) is 0 Å². The van der Waals surface area contributed by atoms with Crippen LogP contribution in [0.4, 0.5) is 8.78 Å². The van der Waals surface area contributed by atoms with Gasteiger partial charge in [0.2, 0.25) is 5.01 Å². The van der Waals surface area contributed by atoms with E-state index in [-0.39, 0.29) is 29.1 Å². The summed E-state index contributed by atoms with van der Waals surface area (Å²) in [6, 6.07) is 12.4. The molecule has 0 aliphatic carbocycles. The summed E-state index contributed by atoms with van der Waals surface area (Å²) in [5.41, 5.74) is 0.787. The molecule has 4 nitrogen and oxygen atoms in total. The van der Waals surface area contributed by atoms with E-state index in [1.54, 1.807) is 30.3 Å². The minimum Gasteiger partial charge on any atom is -0.346 e. The number of carbonyl (C=O) groups excluding carboxylic acids is 1. The van der Waals surface area contributed by atoms with Crippen molar-refractivity contribution in [3.8, 4) is 0 Å². The highest BCUT2D eigenvalue weighted by Gasteiger charge is 2.13. The number of hydrogen-bond acceptors (Lipinski definition) is 5. The number of halogens is 2. The van der Waals surface area contributed by atoms with Gasteiger partial charge in [0.15, 0.2) is 0 Å². The summed E-state index contributed by atoms with van der Waals surface area (Å²) >= 11 is 2.47. The summed E-state index contributed by atoms with van der Waals surface area (Å²) in [7, 11) is 0. The number of aromatic nitrogens is 2. The van der Waals surface area contributed by atoms with Gasteiger partial charge in [-0.25, -0.2) is 8.78 Å². The molecule has 0 bridgehead atoms. The van der Waals surface area contributed by atoms with E-state index >= 15 is 0 Å². The van der Waals surface area contributed by atoms with Gasteiger partial charge in [-0.2, -0.15) is 0 Å². The first-order valence-electron chi connectivity index (χ1n) is 7.34. The van der Waals surface area contributed by atoms with E-state index in [2.05, 4.69) is 15.5 Å². The van der Waals surface area contributed by atoms with Crippen LogP contribution in [0.1, 0.15) is 20.4 Å². The monoisotopic (exact) mass is 377 g/mol. The third kappa shape index (κ3) is 4.83. The van der Waals surface area contributed by atoms with Crippen LogP contribution in [0.2, 0.25) is 0 Å². The molecule has 3 rings (SSSR count). The first-order chi connectivity index (χ1) is 12.1. The van der Waals surface area contributed by atoms with Gasteiger partial charge >= 0.3 is 0 Å². The second-order valence-corrected chi connectivity index (χ2v) is 7.11. The normalized spacial score (nSPS) is 10.6. The molecule has 1 N–H and O–H groups in total. The molecule has 3 aromatic rings. The van der Waals surface area contributed by atoms with Gasteiger partial charge < -0.3 is 5.32 Å². The van der Waals surface area contributed by atoms with Crippen LogP contribution in [0.3, 0.4) is 0 Å². The number of nitrogens with zero attached hydrogens (tertiary/aromatic N) is 2. The fourth-order valence-electron chi connectivity index (χ4n) is 1.97. The van der Waals surface area contributed by atoms with Crippen LogP contribution < -0.4 is 5.32 Å². The molecule has 0 saturated carbocycles. The van der Waals surface area contributed by atoms with Crippen molar-refractivity contribution >= 4 is 29.0 Å². The molecule has 0 aliphatic heterocycles. The quantitative estimate of drug-likeness (QED) is 0.659. The molecule has 0 unspecified atom stereocenters. The average molecular weight is 377 g/mol. The molecule has 128 valence electrons. The van der Waals surface area contributed by atoms with Gasteiger partial charge in [0.1, 0.15) is 16.6 Å². The summed E-state index contributed by atoms with van der Waals surface area (Å²) in [6.45, 7) is 0.276. The summed E-state index contributed by atoms with van der Waals surface area (Å²) in [5, 5.41) is 11.4. The maximum atomic E-state index is 13.6. The number of hydrogen-bond donors (Lipinski definition) is 1. The Balaban J connectivity index is 1.54. The van der Waals surface area contributed by atoms with E-state index in [1.807, 2.05) is 0 Å². The standard InChI is InChI=1S/C17H13F2N3OS2/c18-12-7-5-11(6-8-12)9-20-16(23)17-22-21-15(25-17)10-24-14-4-2-1-3-13(14)19/h1-8H,9-10H2,(H,20,23). The maximum absolute atomic E-state index is 13.6. The maximum Gasteiger partial charge on any atom is 0.282 e. The molecule has 1 amide bonds. The van der Waals surface area contributed by atoms with Crippen molar-refractivity contribution in [2.45, 2.75) is 17.2 Å². The minimum atomic E-state index is -0.344. The van der Waals surface area contributed by atoms with Gasteiger partial charge in [0.25, 0.3) is 5.91 Å². The largest absolute Gasteiger partial charge is 0.346 e.